The summed E-state index contributed by atoms with van der Waals surface area (Å²) < 4.78 is 1.61. The first-order valence-electron chi connectivity index (χ1n) is 11.2. The largest absolute Gasteiger partial charge is 0.318 e. The number of unbranched alkanes of at least 4 members (excludes halogenated alkanes) is 3. The molecule has 0 amide bonds. The maximum atomic E-state index is 11.7. The molecular weight excluding hydrogens is 392 g/mol. The van der Waals surface area contributed by atoms with Crippen LogP contribution in [0.3, 0.4) is 0 Å². The Morgan fingerprint density at radius 1 is 1.07 bits per heavy atom. The van der Waals surface area contributed by atoms with Gasteiger partial charge in [-0.25, -0.2) is 0 Å². The molecule has 0 aromatic carbocycles. The molecule has 0 N–H and O–H groups in total. The van der Waals surface area contributed by atoms with E-state index in [0.717, 1.165) is 31.2 Å². The predicted molar refractivity (Wildman–Crippen MR) is 128 cm³/mol. The van der Waals surface area contributed by atoms with Crippen molar-refractivity contribution in [3.05, 3.63) is 63.3 Å². The number of carbonyl (C=O) groups is 1. The van der Waals surface area contributed by atoms with Gasteiger partial charge in [0.2, 0.25) is 5.56 Å². The highest BCUT2D eigenvalue weighted by molar-refractivity contribution is 7.59. The molecule has 0 unspecified atom stereocenters. The van der Waals surface area contributed by atoms with E-state index < -0.39 is 0 Å². The van der Waals surface area contributed by atoms with Crippen LogP contribution in [0.25, 0.3) is 0 Å². The Hall–Kier alpha value is -1.88. The lowest BCUT2D eigenvalue weighted by atomic mass is 9.89. The van der Waals surface area contributed by atoms with Gasteiger partial charge < -0.3 is 9.36 Å². The molecule has 2 aromatic rings. The first kappa shape index (κ1) is 24.4. The van der Waals surface area contributed by atoms with Gasteiger partial charge in [0, 0.05) is 37.1 Å². The zero-order chi connectivity index (χ0) is 20.6. The number of fused-ring (bicyclic) bond motifs is 1. The van der Waals surface area contributed by atoms with Gasteiger partial charge in [-0.05, 0) is 75.0 Å². The van der Waals surface area contributed by atoms with Gasteiger partial charge in [0.25, 0.3) is 0 Å². The van der Waals surface area contributed by atoms with Gasteiger partial charge >= 0.3 is 0 Å². The van der Waals surface area contributed by atoms with Crippen molar-refractivity contribution in [1.82, 2.24) is 9.55 Å². The molecule has 30 heavy (non-hydrogen) atoms. The number of nitrogens with zero attached hydrogens (tertiary/aromatic N) is 2. The SMILES string of the molecule is CC(=O)C[C@H](CCCCCCc1ccc2c(n1)CCCC2)c1ccc(=O)n(C)c1.S. The van der Waals surface area contributed by atoms with E-state index >= 15 is 0 Å². The standard InChI is InChI=1S/C25H34N2O2.H2S/c1-19(28)17-21(22-14-16-25(29)27(2)18-22)10-5-3-4-6-11-23-15-13-20-9-7-8-12-24(20)26-23;/h13-16,18,21H,3-12,17H2,1-2H3;1H2/t21-;/m0./s1. The highest BCUT2D eigenvalue weighted by Crippen LogP contribution is 2.26. The highest BCUT2D eigenvalue weighted by atomic mass is 32.1. The average Bonchev–Trinajstić information content (AvgIpc) is 2.71. The number of ketones is 1. The second-order valence-corrected chi connectivity index (χ2v) is 8.58. The fourth-order valence-corrected chi connectivity index (χ4v) is 4.41. The Balaban J connectivity index is 0.00000320. The predicted octanol–water partition coefficient (Wildman–Crippen LogP) is 5.03. The minimum Gasteiger partial charge on any atom is -0.318 e. The van der Waals surface area contributed by atoms with Crippen molar-refractivity contribution >= 4 is 19.3 Å². The van der Waals surface area contributed by atoms with Crippen molar-refractivity contribution in [2.75, 3.05) is 0 Å². The van der Waals surface area contributed by atoms with Gasteiger partial charge in [-0.1, -0.05) is 31.4 Å². The molecule has 0 saturated heterocycles. The summed E-state index contributed by atoms with van der Waals surface area (Å²) in [5, 5.41) is 0. The number of hydrogen-bond donors (Lipinski definition) is 0. The van der Waals surface area contributed by atoms with E-state index in [1.807, 2.05) is 12.3 Å². The first-order valence-corrected chi connectivity index (χ1v) is 11.2. The van der Waals surface area contributed by atoms with Crippen LogP contribution in [0.2, 0.25) is 0 Å². The fraction of sp³-hybridized carbons (Fsp3) is 0.560. The second-order valence-electron chi connectivity index (χ2n) is 8.58. The van der Waals surface area contributed by atoms with E-state index in [1.54, 1.807) is 24.6 Å². The van der Waals surface area contributed by atoms with Crippen molar-refractivity contribution in [2.24, 2.45) is 7.05 Å². The molecule has 3 rings (SSSR count). The maximum absolute atomic E-state index is 11.7. The zero-order valence-corrected chi connectivity index (χ0v) is 19.5. The third kappa shape index (κ3) is 7.12. The average molecular weight is 429 g/mol. The number of aromatic nitrogens is 2. The molecule has 0 saturated carbocycles. The van der Waals surface area contributed by atoms with Crippen LogP contribution in [0, 0.1) is 0 Å². The van der Waals surface area contributed by atoms with E-state index in [9.17, 15) is 9.59 Å². The molecule has 1 aliphatic carbocycles. The van der Waals surface area contributed by atoms with E-state index in [4.69, 9.17) is 4.98 Å². The lowest BCUT2D eigenvalue weighted by Gasteiger charge is -2.17. The number of carbonyl (C=O) groups excluding carboxylic acids is 1. The molecule has 1 atom stereocenters. The molecule has 2 heterocycles. The monoisotopic (exact) mass is 428 g/mol. The van der Waals surface area contributed by atoms with Gasteiger partial charge in [0.15, 0.2) is 0 Å². The summed E-state index contributed by atoms with van der Waals surface area (Å²) in [4.78, 5) is 28.2. The van der Waals surface area contributed by atoms with Crippen molar-refractivity contribution in [3.63, 3.8) is 0 Å². The quantitative estimate of drug-likeness (QED) is 0.499. The van der Waals surface area contributed by atoms with Crippen LogP contribution in [0.5, 0.6) is 0 Å². The van der Waals surface area contributed by atoms with E-state index in [-0.39, 0.29) is 30.8 Å². The summed E-state index contributed by atoms with van der Waals surface area (Å²) in [7, 11) is 1.77. The number of hydrogen-bond acceptors (Lipinski definition) is 3. The molecule has 0 bridgehead atoms. The summed E-state index contributed by atoms with van der Waals surface area (Å²) in [6.07, 6.45) is 14.1. The van der Waals surface area contributed by atoms with Gasteiger partial charge in [-0.15, -0.1) is 0 Å². The summed E-state index contributed by atoms with van der Waals surface area (Å²) >= 11 is 0. The molecule has 0 spiro atoms. The number of aryl methyl sites for hydroxylation is 4. The molecule has 2 aromatic heterocycles. The molecule has 4 nitrogen and oxygen atoms in total. The van der Waals surface area contributed by atoms with Crippen LogP contribution >= 0.6 is 13.5 Å². The van der Waals surface area contributed by atoms with Crippen LogP contribution in [-0.4, -0.2) is 15.3 Å². The van der Waals surface area contributed by atoms with Crippen molar-refractivity contribution in [1.29, 1.82) is 0 Å². The van der Waals surface area contributed by atoms with Crippen molar-refractivity contribution < 1.29 is 4.79 Å². The number of Topliss-reactive ketones (excluding diaryl/α,β-unsaturated/α-hetero) is 1. The van der Waals surface area contributed by atoms with Gasteiger partial charge in [0.1, 0.15) is 5.78 Å². The molecular formula is C25H36N2O2S. The highest BCUT2D eigenvalue weighted by Gasteiger charge is 2.15. The fourth-order valence-electron chi connectivity index (χ4n) is 4.41. The molecule has 5 heteroatoms. The third-order valence-electron chi connectivity index (χ3n) is 6.09. The molecule has 0 radical (unpaired) electrons. The minimum absolute atomic E-state index is 0. The Bertz CT molecular complexity index is 891. The topological polar surface area (TPSA) is 52.0 Å². The Labute approximate surface area is 187 Å². The van der Waals surface area contributed by atoms with Gasteiger partial charge in [-0.2, -0.15) is 13.5 Å². The normalized spacial score (nSPS) is 13.9. The Kier molecular flexibility index (Phi) is 9.83. The number of rotatable bonds is 10. The first-order chi connectivity index (χ1) is 14.0. The van der Waals surface area contributed by atoms with Crippen molar-refractivity contribution in [3.8, 4) is 0 Å². The molecule has 164 valence electrons. The maximum Gasteiger partial charge on any atom is 0.250 e. The van der Waals surface area contributed by atoms with Gasteiger partial charge in [-0.3, -0.25) is 9.78 Å². The van der Waals surface area contributed by atoms with Crippen LogP contribution in [0.15, 0.2) is 35.3 Å². The van der Waals surface area contributed by atoms with E-state index in [0.29, 0.717) is 6.42 Å². The lowest BCUT2D eigenvalue weighted by molar-refractivity contribution is -0.117. The van der Waals surface area contributed by atoms with Crippen molar-refractivity contribution in [2.45, 2.75) is 83.5 Å². The Morgan fingerprint density at radius 3 is 2.60 bits per heavy atom. The van der Waals surface area contributed by atoms with Gasteiger partial charge in [0.05, 0.1) is 0 Å². The van der Waals surface area contributed by atoms with E-state index in [2.05, 4.69) is 12.1 Å². The Morgan fingerprint density at radius 2 is 1.83 bits per heavy atom. The second kappa shape index (κ2) is 12.1. The molecule has 0 aliphatic heterocycles. The zero-order valence-electron chi connectivity index (χ0n) is 18.5. The summed E-state index contributed by atoms with van der Waals surface area (Å²) in [5.41, 5.74) is 5.12. The summed E-state index contributed by atoms with van der Waals surface area (Å²) in [6, 6.07) is 7.99. The van der Waals surface area contributed by atoms with Crippen LogP contribution in [-0.2, 0) is 31.1 Å². The summed E-state index contributed by atoms with van der Waals surface area (Å²) in [6.45, 7) is 1.65. The smallest absolute Gasteiger partial charge is 0.250 e. The van der Waals surface area contributed by atoms with Crippen LogP contribution in [0.1, 0.15) is 86.7 Å². The molecule has 1 aliphatic rings. The molecule has 0 fully saturated rings. The third-order valence-corrected chi connectivity index (χ3v) is 6.09. The summed E-state index contributed by atoms with van der Waals surface area (Å²) in [5.74, 6) is 0.420. The number of pyridine rings is 2. The minimum atomic E-state index is -0.00823. The van der Waals surface area contributed by atoms with E-state index in [1.165, 1.54) is 55.5 Å². The lowest BCUT2D eigenvalue weighted by Crippen LogP contribution is -2.16. The van der Waals surface area contributed by atoms with Crippen LogP contribution in [0.4, 0.5) is 0 Å². The van der Waals surface area contributed by atoms with Crippen LogP contribution < -0.4 is 5.56 Å².